The summed E-state index contributed by atoms with van der Waals surface area (Å²) in [6, 6.07) is 12.1. The lowest BCUT2D eigenvalue weighted by molar-refractivity contribution is 0.0946. The molecular formula is C23H29N5O3. The standard InChI is InChI=1S/C23H29N5O3/c1-4-28(5-2)13-12-25-22(29)19-8-6-18(15-21(19)31-3)27-23(30)26-17-7-9-20-16(14-17)10-11-24-20/h6-11,14-15,24H,4-5,12-13H2,1-3H3,(H,25,29)(H2,26,27,30). The highest BCUT2D eigenvalue weighted by molar-refractivity contribution is 6.02. The summed E-state index contributed by atoms with van der Waals surface area (Å²) in [6.45, 7) is 7.41. The van der Waals surface area contributed by atoms with Gasteiger partial charge in [-0.25, -0.2) is 4.79 Å². The van der Waals surface area contributed by atoms with Crippen LogP contribution in [0.3, 0.4) is 0 Å². The molecule has 0 fully saturated rings. The van der Waals surface area contributed by atoms with Gasteiger partial charge in [0.1, 0.15) is 5.75 Å². The van der Waals surface area contributed by atoms with E-state index in [4.69, 9.17) is 4.74 Å². The Hall–Kier alpha value is -3.52. The van der Waals surface area contributed by atoms with E-state index in [1.807, 2.05) is 30.5 Å². The number of ether oxygens (including phenoxy) is 1. The first-order chi connectivity index (χ1) is 15.0. The lowest BCUT2D eigenvalue weighted by Gasteiger charge is -2.18. The average Bonchev–Trinajstić information content (AvgIpc) is 3.24. The number of hydrogen-bond donors (Lipinski definition) is 4. The van der Waals surface area contributed by atoms with Crippen molar-refractivity contribution in [2.75, 3.05) is 43.9 Å². The highest BCUT2D eigenvalue weighted by atomic mass is 16.5. The number of carbonyl (C=O) groups excluding carboxylic acids is 2. The Morgan fingerprint density at radius 3 is 2.42 bits per heavy atom. The second-order valence-electron chi connectivity index (χ2n) is 7.06. The monoisotopic (exact) mass is 423 g/mol. The van der Waals surface area contributed by atoms with Crippen LogP contribution in [0.1, 0.15) is 24.2 Å². The molecule has 0 aliphatic heterocycles. The van der Waals surface area contributed by atoms with Crippen LogP contribution in [-0.2, 0) is 0 Å². The molecule has 0 saturated carbocycles. The zero-order valence-electron chi connectivity index (χ0n) is 18.1. The van der Waals surface area contributed by atoms with E-state index in [-0.39, 0.29) is 11.9 Å². The summed E-state index contributed by atoms with van der Waals surface area (Å²) in [5, 5.41) is 9.50. The predicted molar refractivity (Wildman–Crippen MR) is 124 cm³/mol. The summed E-state index contributed by atoms with van der Waals surface area (Å²) in [5.74, 6) is 0.187. The summed E-state index contributed by atoms with van der Waals surface area (Å²) in [5.41, 5.74) is 2.63. The molecular weight excluding hydrogens is 394 g/mol. The molecule has 1 aromatic heterocycles. The zero-order chi connectivity index (χ0) is 22.2. The van der Waals surface area contributed by atoms with Gasteiger partial charge < -0.3 is 30.6 Å². The van der Waals surface area contributed by atoms with Crippen molar-refractivity contribution >= 4 is 34.2 Å². The van der Waals surface area contributed by atoms with Crippen molar-refractivity contribution in [2.24, 2.45) is 0 Å². The molecule has 8 nitrogen and oxygen atoms in total. The zero-order valence-corrected chi connectivity index (χ0v) is 18.1. The maximum absolute atomic E-state index is 12.5. The molecule has 164 valence electrons. The van der Waals surface area contributed by atoms with Crippen molar-refractivity contribution in [1.29, 1.82) is 0 Å². The summed E-state index contributed by atoms with van der Waals surface area (Å²) in [7, 11) is 1.50. The van der Waals surface area contributed by atoms with E-state index in [1.54, 1.807) is 18.2 Å². The van der Waals surface area contributed by atoms with Crippen LogP contribution in [0.4, 0.5) is 16.2 Å². The van der Waals surface area contributed by atoms with Gasteiger partial charge in [-0.15, -0.1) is 0 Å². The Morgan fingerprint density at radius 2 is 1.71 bits per heavy atom. The maximum atomic E-state index is 12.5. The van der Waals surface area contributed by atoms with Gasteiger partial charge in [0.25, 0.3) is 5.91 Å². The molecule has 0 radical (unpaired) electrons. The van der Waals surface area contributed by atoms with E-state index in [2.05, 4.69) is 39.7 Å². The Kier molecular flexibility index (Phi) is 7.50. The number of H-pyrrole nitrogens is 1. The summed E-state index contributed by atoms with van der Waals surface area (Å²) >= 11 is 0. The summed E-state index contributed by atoms with van der Waals surface area (Å²) < 4.78 is 5.37. The Labute approximate surface area is 182 Å². The number of carbonyl (C=O) groups is 2. The normalized spacial score (nSPS) is 10.8. The number of urea groups is 1. The van der Waals surface area contributed by atoms with Crippen molar-refractivity contribution in [3.05, 3.63) is 54.2 Å². The van der Waals surface area contributed by atoms with Crippen LogP contribution in [-0.4, -0.2) is 55.1 Å². The lowest BCUT2D eigenvalue weighted by Crippen LogP contribution is -2.34. The first-order valence-electron chi connectivity index (χ1n) is 10.4. The topological polar surface area (TPSA) is 98.5 Å². The summed E-state index contributed by atoms with van der Waals surface area (Å²) in [4.78, 5) is 30.3. The molecule has 8 heteroatoms. The number of anilines is 2. The molecule has 1 heterocycles. The largest absolute Gasteiger partial charge is 0.496 e. The van der Waals surface area contributed by atoms with E-state index in [1.165, 1.54) is 7.11 Å². The number of nitrogens with zero attached hydrogens (tertiary/aromatic N) is 1. The van der Waals surface area contributed by atoms with Gasteiger partial charge in [0.15, 0.2) is 0 Å². The van der Waals surface area contributed by atoms with Crippen molar-refractivity contribution in [1.82, 2.24) is 15.2 Å². The number of benzene rings is 2. The molecule has 0 aliphatic rings. The number of fused-ring (bicyclic) bond motifs is 1. The van der Waals surface area contributed by atoms with Gasteiger partial charge in [-0.05, 0) is 49.5 Å². The quantitative estimate of drug-likeness (QED) is 0.420. The number of aromatic amines is 1. The van der Waals surface area contributed by atoms with Crippen LogP contribution in [0.5, 0.6) is 5.75 Å². The number of rotatable bonds is 9. The Morgan fingerprint density at radius 1 is 1.00 bits per heavy atom. The number of aromatic nitrogens is 1. The van der Waals surface area contributed by atoms with Crippen LogP contribution in [0.15, 0.2) is 48.7 Å². The Balaban J connectivity index is 1.60. The van der Waals surface area contributed by atoms with E-state index >= 15 is 0 Å². The first kappa shape index (κ1) is 22.2. The van der Waals surface area contributed by atoms with Crippen molar-refractivity contribution in [3.8, 4) is 5.75 Å². The third-order valence-electron chi connectivity index (χ3n) is 5.12. The van der Waals surface area contributed by atoms with Gasteiger partial charge in [-0.1, -0.05) is 13.8 Å². The molecule has 0 bridgehead atoms. The third kappa shape index (κ3) is 5.76. The Bertz CT molecular complexity index is 1040. The lowest BCUT2D eigenvalue weighted by atomic mass is 10.1. The fraction of sp³-hybridized carbons (Fsp3) is 0.304. The molecule has 4 N–H and O–H groups in total. The molecule has 3 rings (SSSR count). The minimum atomic E-state index is -0.381. The van der Waals surface area contributed by atoms with Gasteiger partial charge in [-0.2, -0.15) is 0 Å². The average molecular weight is 424 g/mol. The minimum Gasteiger partial charge on any atom is -0.496 e. The molecule has 0 aliphatic carbocycles. The van der Waals surface area contributed by atoms with Gasteiger partial charge in [0.2, 0.25) is 0 Å². The SMILES string of the molecule is CCN(CC)CCNC(=O)c1ccc(NC(=O)Nc2ccc3[nH]ccc3c2)cc1OC. The number of hydrogen-bond acceptors (Lipinski definition) is 4. The van der Waals surface area contributed by atoms with Crippen molar-refractivity contribution < 1.29 is 14.3 Å². The first-order valence-corrected chi connectivity index (χ1v) is 10.4. The van der Waals surface area contributed by atoms with E-state index < -0.39 is 0 Å². The molecule has 0 atom stereocenters. The van der Waals surface area contributed by atoms with Crippen LogP contribution in [0.2, 0.25) is 0 Å². The molecule has 2 aromatic carbocycles. The van der Waals surface area contributed by atoms with E-state index in [0.717, 1.165) is 30.5 Å². The van der Waals surface area contributed by atoms with Crippen LogP contribution in [0.25, 0.3) is 10.9 Å². The number of methoxy groups -OCH3 is 1. The summed E-state index contributed by atoms with van der Waals surface area (Å²) in [6.07, 6.45) is 1.85. The fourth-order valence-corrected chi connectivity index (χ4v) is 3.34. The second-order valence-corrected chi connectivity index (χ2v) is 7.06. The van der Waals surface area contributed by atoms with Crippen LogP contribution in [0, 0.1) is 0 Å². The molecule has 3 aromatic rings. The van der Waals surface area contributed by atoms with Gasteiger partial charge >= 0.3 is 6.03 Å². The molecule has 0 unspecified atom stereocenters. The van der Waals surface area contributed by atoms with Gasteiger partial charge in [-0.3, -0.25) is 4.79 Å². The van der Waals surface area contributed by atoms with Crippen molar-refractivity contribution in [2.45, 2.75) is 13.8 Å². The molecule has 0 saturated heterocycles. The number of amides is 3. The van der Waals surface area contributed by atoms with Gasteiger partial charge in [0, 0.05) is 47.6 Å². The van der Waals surface area contributed by atoms with Crippen LogP contribution < -0.4 is 20.7 Å². The van der Waals surface area contributed by atoms with Crippen LogP contribution >= 0.6 is 0 Å². The number of likely N-dealkylation sites (N-methyl/N-ethyl adjacent to an activating group) is 1. The van der Waals surface area contributed by atoms with E-state index in [0.29, 0.717) is 29.2 Å². The van der Waals surface area contributed by atoms with Gasteiger partial charge in [0.05, 0.1) is 12.7 Å². The minimum absolute atomic E-state index is 0.209. The highest BCUT2D eigenvalue weighted by Gasteiger charge is 2.14. The smallest absolute Gasteiger partial charge is 0.323 e. The fourth-order valence-electron chi connectivity index (χ4n) is 3.34. The second kappa shape index (κ2) is 10.5. The molecule has 31 heavy (non-hydrogen) atoms. The third-order valence-corrected chi connectivity index (χ3v) is 5.12. The molecule has 3 amide bonds. The highest BCUT2D eigenvalue weighted by Crippen LogP contribution is 2.24. The van der Waals surface area contributed by atoms with E-state index in [9.17, 15) is 9.59 Å². The van der Waals surface area contributed by atoms with Crippen molar-refractivity contribution in [3.63, 3.8) is 0 Å². The number of nitrogens with one attached hydrogen (secondary N) is 4. The molecule has 0 spiro atoms. The maximum Gasteiger partial charge on any atom is 0.323 e. The predicted octanol–water partition coefficient (Wildman–Crippen LogP) is 3.89.